The molecular weight excluding hydrogens is 521 g/mol. The molecule has 0 amide bonds. The second kappa shape index (κ2) is 9.42. The van der Waals surface area contributed by atoms with E-state index in [1.54, 1.807) is 24.4 Å². The van der Waals surface area contributed by atoms with Gasteiger partial charge in [0.2, 0.25) is 0 Å². The summed E-state index contributed by atoms with van der Waals surface area (Å²) in [4.78, 5) is 17.3. The van der Waals surface area contributed by atoms with Gasteiger partial charge in [-0.1, -0.05) is 12.1 Å². The number of carbonyl (C=O) groups is 1. The summed E-state index contributed by atoms with van der Waals surface area (Å²) in [6, 6.07) is 8.18. The number of benzene rings is 1. The molecule has 0 unspecified atom stereocenters. The van der Waals surface area contributed by atoms with Crippen LogP contribution in [0.3, 0.4) is 0 Å². The fraction of sp³-hybridized carbons (Fsp3) is 0.333. The number of nitrogens with one attached hydrogen (secondary N) is 1. The minimum absolute atomic E-state index is 0.131. The van der Waals surface area contributed by atoms with E-state index in [1.807, 2.05) is 6.07 Å². The summed E-state index contributed by atoms with van der Waals surface area (Å²) in [5.41, 5.74) is 2.85. The Hall–Kier alpha value is -2.08. The summed E-state index contributed by atoms with van der Waals surface area (Å²) in [5.74, 6) is 0.118. The first-order valence-electron chi connectivity index (χ1n) is 10.0. The monoisotopic (exact) mass is 541 g/mol. The van der Waals surface area contributed by atoms with E-state index < -0.39 is 16.0 Å². The molecule has 1 fully saturated rings. The maximum absolute atomic E-state index is 12.7. The van der Waals surface area contributed by atoms with Crippen molar-refractivity contribution < 1.29 is 22.4 Å². The van der Waals surface area contributed by atoms with Crippen molar-refractivity contribution in [2.75, 3.05) is 6.61 Å². The minimum atomic E-state index is -4.18. The van der Waals surface area contributed by atoms with Crippen molar-refractivity contribution in [1.82, 2.24) is 14.5 Å². The molecule has 0 spiro atoms. The number of aromatic nitrogens is 2. The molecule has 0 radical (unpaired) electrons. The number of carbonyl (C=O) groups excluding carboxylic acids is 1. The summed E-state index contributed by atoms with van der Waals surface area (Å²) in [5, 5.41) is 2.40. The predicted molar refractivity (Wildman–Crippen MR) is 123 cm³/mol. The standard InChI is InChI=1S/C21H21BrFN3O4S2/c1-2-30-21(27)17-12-31-20(24-17)19-10-16(22)18(26(19)11-13-6-7-13)9-14-4-3-5-15(8-14)32(28,29)25-23/h3-5,8,10,12-13,25H,2,6-7,9,11H2,1H3. The smallest absolute Gasteiger partial charge is 0.357 e. The highest BCUT2D eigenvalue weighted by molar-refractivity contribution is 9.10. The SMILES string of the molecule is CCOC(=O)c1csc(-c2cc(Br)c(Cc3cccc(S(=O)(=O)NF)c3)n2CC2CC2)n1. The van der Waals surface area contributed by atoms with Crippen LogP contribution in [0.5, 0.6) is 0 Å². The van der Waals surface area contributed by atoms with Gasteiger partial charge in [-0.05, 0) is 70.3 Å². The van der Waals surface area contributed by atoms with Gasteiger partial charge >= 0.3 is 5.97 Å². The largest absolute Gasteiger partial charge is 0.461 e. The number of ether oxygens (including phenoxy) is 1. The highest BCUT2D eigenvalue weighted by Crippen LogP contribution is 2.38. The van der Waals surface area contributed by atoms with Crippen LogP contribution in [-0.2, 0) is 27.7 Å². The number of nitrogens with zero attached hydrogens (tertiary/aromatic N) is 2. The third-order valence-corrected chi connectivity index (χ3v) is 7.81. The maximum Gasteiger partial charge on any atom is 0.357 e. The van der Waals surface area contributed by atoms with E-state index >= 15 is 0 Å². The molecule has 11 heteroatoms. The quantitative estimate of drug-likeness (QED) is 0.313. The molecule has 1 aliphatic carbocycles. The molecule has 4 rings (SSSR count). The number of rotatable bonds is 9. The molecule has 7 nitrogen and oxygen atoms in total. The van der Waals surface area contributed by atoms with Crippen molar-refractivity contribution in [2.45, 2.75) is 37.6 Å². The number of thiazole rings is 1. The first kappa shape index (κ1) is 23.1. The molecule has 32 heavy (non-hydrogen) atoms. The Kier molecular flexibility index (Phi) is 6.80. The lowest BCUT2D eigenvalue weighted by atomic mass is 10.1. The van der Waals surface area contributed by atoms with Crippen LogP contribution in [0.25, 0.3) is 10.7 Å². The van der Waals surface area contributed by atoms with Crippen LogP contribution >= 0.6 is 27.3 Å². The third kappa shape index (κ3) is 4.95. The fourth-order valence-corrected chi connectivity index (χ4v) is 5.47. The lowest BCUT2D eigenvalue weighted by molar-refractivity contribution is 0.0520. The maximum atomic E-state index is 12.7. The molecule has 2 heterocycles. The molecule has 2 aromatic heterocycles. The van der Waals surface area contributed by atoms with E-state index in [2.05, 4.69) is 25.5 Å². The molecule has 0 aliphatic heterocycles. The van der Waals surface area contributed by atoms with Crippen LogP contribution in [0.1, 0.15) is 41.5 Å². The van der Waals surface area contributed by atoms with Gasteiger partial charge in [0.05, 0.1) is 17.2 Å². The second-order valence-corrected chi connectivity index (χ2v) is 10.9. The minimum Gasteiger partial charge on any atom is -0.461 e. The Labute approximate surface area is 197 Å². The summed E-state index contributed by atoms with van der Waals surface area (Å²) < 4.78 is 44.5. The van der Waals surface area contributed by atoms with Crippen molar-refractivity contribution in [2.24, 2.45) is 5.92 Å². The van der Waals surface area contributed by atoms with Gasteiger partial charge in [-0.25, -0.2) is 18.2 Å². The number of sulfonamides is 1. The molecular formula is C21H21BrFN3O4S2. The van der Waals surface area contributed by atoms with Gasteiger partial charge in [0.15, 0.2) is 5.69 Å². The van der Waals surface area contributed by atoms with Crippen LogP contribution in [-0.4, -0.2) is 30.5 Å². The van der Waals surface area contributed by atoms with Crippen LogP contribution in [0, 0.1) is 5.92 Å². The highest BCUT2D eigenvalue weighted by Gasteiger charge is 2.27. The van der Waals surface area contributed by atoms with Crippen molar-refractivity contribution >= 4 is 43.3 Å². The van der Waals surface area contributed by atoms with Crippen LogP contribution in [0.15, 0.2) is 45.1 Å². The van der Waals surface area contributed by atoms with Gasteiger partial charge in [-0.2, -0.15) is 0 Å². The number of hydrogen-bond acceptors (Lipinski definition) is 6. The van der Waals surface area contributed by atoms with Gasteiger partial charge in [0.25, 0.3) is 10.0 Å². The summed E-state index contributed by atoms with van der Waals surface area (Å²) in [6.07, 6.45) is 2.74. The Balaban J connectivity index is 1.70. The average Bonchev–Trinajstić information content (AvgIpc) is 3.37. The molecule has 1 aromatic carbocycles. The Morgan fingerprint density at radius 1 is 1.38 bits per heavy atom. The van der Waals surface area contributed by atoms with E-state index in [-0.39, 0.29) is 17.2 Å². The summed E-state index contributed by atoms with van der Waals surface area (Å²) in [6.45, 7) is 2.83. The molecule has 0 saturated heterocycles. The molecule has 1 aliphatic rings. The molecule has 0 atom stereocenters. The first-order chi connectivity index (χ1) is 15.3. The van der Waals surface area contributed by atoms with Crippen molar-refractivity contribution in [1.29, 1.82) is 0 Å². The molecule has 0 bridgehead atoms. The summed E-state index contributed by atoms with van der Waals surface area (Å²) >= 11 is 5.01. The molecule has 3 aromatic rings. The molecule has 1 N–H and O–H groups in total. The van der Waals surface area contributed by atoms with Crippen molar-refractivity contribution in [3.63, 3.8) is 0 Å². The Morgan fingerprint density at radius 2 is 2.16 bits per heavy atom. The van der Waals surface area contributed by atoms with Crippen LogP contribution in [0.2, 0.25) is 0 Å². The van der Waals surface area contributed by atoms with E-state index in [0.717, 1.165) is 45.8 Å². The highest BCUT2D eigenvalue weighted by atomic mass is 79.9. The predicted octanol–water partition coefficient (Wildman–Crippen LogP) is 4.71. The molecule has 1 saturated carbocycles. The first-order valence-corrected chi connectivity index (χ1v) is 13.2. The van der Waals surface area contributed by atoms with E-state index in [0.29, 0.717) is 17.3 Å². The number of halogens is 2. The van der Waals surface area contributed by atoms with Gasteiger partial charge in [0.1, 0.15) is 5.01 Å². The van der Waals surface area contributed by atoms with Gasteiger partial charge in [-0.3, -0.25) is 0 Å². The van der Waals surface area contributed by atoms with E-state index in [1.165, 1.54) is 23.5 Å². The van der Waals surface area contributed by atoms with Crippen LogP contribution < -0.4 is 4.94 Å². The van der Waals surface area contributed by atoms with Crippen molar-refractivity contribution in [3.8, 4) is 10.7 Å². The van der Waals surface area contributed by atoms with Crippen molar-refractivity contribution in [3.05, 3.63) is 57.1 Å². The normalized spacial score (nSPS) is 14.0. The topological polar surface area (TPSA) is 90.3 Å². The Bertz CT molecular complexity index is 1250. The summed E-state index contributed by atoms with van der Waals surface area (Å²) in [7, 11) is -4.18. The van der Waals surface area contributed by atoms with E-state index in [9.17, 15) is 17.7 Å². The zero-order valence-electron chi connectivity index (χ0n) is 17.2. The molecule has 170 valence electrons. The Morgan fingerprint density at radius 3 is 2.84 bits per heavy atom. The third-order valence-electron chi connectivity index (χ3n) is 5.18. The second-order valence-electron chi connectivity index (χ2n) is 7.54. The number of hydrogen-bond donors (Lipinski definition) is 1. The zero-order valence-corrected chi connectivity index (χ0v) is 20.4. The lowest BCUT2D eigenvalue weighted by Gasteiger charge is -2.13. The van der Waals surface area contributed by atoms with Gasteiger partial charge in [0, 0.05) is 28.5 Å². The fourth-order valence-electron chi connectivity index (χ4n) is 3.43. The van der Waals surface area contributed by atoms with E-state index in [4.69, 9.17) is 4.74 Å². The number of esters is 1. The van der Waals surface area contributed by atoms with Crippen LogP contribution in [0.4, 0.5) is 4.48 Å². The average molecular weight is 542 g/mol. The van der Waals surface area contributed by atoms with Gasteiger partial charge in [-0.15, -0.1) is 15.8 Å². The zero-order chi connectivity index (χ0) is 22.9. The van der Waals surface area contributed by atoms with Gasteiger partial charge < -0.3 is 9.30 Å². The lowest BCUT2D eigenvalue weighted by Crippen LogP contribution is -2.15.